The van der Waals surface area contributed by atoms with Gasteiger partial charge in [-0.3, -0.25) is 9.59 Å². The molecular weight excluding hydrogens is 328 g/mol. The molecule has 26 heavy (non-hydrogen) atoms. The first-order chi connectivity index (χ1) is 12.5. The molecule has 0 aromatic heterocycles. The minimum Gasteiger partial charge on any atom is -0.462 e. The molecule has 0 N–H and O–H groups in total. The van der Waals surface area contributed by atoms with Crippen LogP contribution in [0.3, 0.4) is 0 Å². The minimum atomic E-state index is -0.335. The highest BCUT2D eigenvalue weighted by Crippen LogP contribution is 2.17. The topological polar surface area (TPSA) is 52.6 Å². The van der Waals surface area contributed by atoms with Crippen molar-refractivity contribution in [2.24, 2.45) is 0 Å². The van der Waals surface area contributed by atoms with Gasteiger partial charge in [-0.15, -0.1) is 0 Å². The SMILES string of the molecule is C=CC(OC(C)=O)c1ccccc1.CC(=O)OC/C=C/c1ccccc1. The van der Waals surface area contributed by atoms with Gasteiger partial charge in [0.15, 0.2) is 0 Å². The summed E-state index contributed by atoms with van der Waals surface area (Å²) in [6.07, 6.45) is 5.01. The van der Waals surface area contributed by atoms with Gasteiger partial charge in [0.1, 0.15) is 12.7 Å². The van der Waals surface area contributed by atoms with Gasteiger partial charge in [-0.05, 0) is 23.3 Å². The third-order valence-electron chi connectivity index (χ3n) is 3.13. The van der Waals surface area contributed by atoms with Crippen LogP contribution in [-0.2, 0) is 19.1 Å². The van der Waals surface area contributed by atoms with E-state index in [9.17, 15) is 9.59 Å². The van der Waals surface area contributed by atoms with Crippen molar-refractivity contribution in [2.45, 2.75) is 20.0 Å². The van der Waals surface area contributed by atoms with Crippen molar-refractivity contribution in [1.29, 1.82) is 0 Å². The average molecular weight is 352 g/mol. The quantitative estimate of drug-likeness (QED) is 0.556. The highest BCUT2D eigenvalue weighted by atomic mass is 16.5. The Bertz CT molecular complexity index is 705. The zero-order chi connectivity index (χ0) is 19.2. The highest BCUT2D eigenvalue weighted by molar-refractivity contribution is 5.66. The number of benzene rings is 2. The number of carbonyl (C=O) groups is 2. The van der Waals surface area contributed by atoms with E-state index in [1.165, 1.54) is 13.8 Å². The first kappa shape index (κ1) is 20.9. The Balaban J connectivity index is 0.000000260. The van der Waals surface area contributed by atoms with Crippen molar-refractivity contribution in [3.05, 3.63) is 90.5 Å². The van der Waals surface area contributed by atoms with Crippen LogP contribution in [0.25, 0.3) is 6.08 Å². The van der Waals surface area contributed by atoms with E-state index in [1.807, 2.05) is 72.8 Å². The Morgan fingerprint density at radius 1 is 0.962 bits per heavy atom. The Kier molecular flexibility index (Phi) is 9.85. The fourth-order valence-electron chi connectivity index (χ4n) is 1.99. The molecule has 4 nitrogen and oxygen atoms in total. The molecule has 1 atom stereocenters. The summed E-state index contributed by atoms with van der Waals surface area (Å²) in [4.78, 5) is 21.1. The van der Waals surface area contributed by atoms with E-state index in [1.54, 1.807) is 6.08 Å². The molecule has 0 amide bonds. The van der Waals surface area contributed by atoms with E-state index >= 15 is 0 Å². The van der Waals surface area contributed by atoms with Gasteiger partial charge in [0.2, 0.25) is 0 Å². The molecule has 0 fully saturated rings. The van der Waals surface area contributed by atoms with Crippen LogP contribution in [0, 0.1) is 0 Å². The molecule has 2 rings (SSSR count). The Labute approximate surface area is 154 Å². The third-order valence-corrected chi connectivity index (χ3v) is 3.13. The maximum Gasteiger partial charge on any atom is 0.303 e. The molecule has 0 aliphatic carbocycles. The third kappa shape index (κ3) is 9.23. The lowest BCUT2D eigenvalue weighted by Crippen LogP contribution is -2.05. The smallest absolute Gasteiger partial charge is 0.303 e. The first-order valence-electron chi connectivity index (χ1n) is 8.22. The van der Waals surface area contributed by atoms with E-state index in [0.29, 0.717) is 6.61 Å². The molecule has 0 aliphatic heterocycles. The van der Waals surface area contributed by atoms with Gasteiger partial charge >= 0.3 is 11.9 Å². The molecular formula is C22H24O4. The molecule has 2 aromatic carbocycles. The molecule has 0 bridgehead atoms. The van der Waals surface area contributed by atoms with Crippen LogP contribution < -0.4 is 0 Å². The van der Waals surface area contributed by atoms with Crippen molar-refractivity contribution in [3.8, 4) is 0 Å². The van der Waals surface area contributed by atoms with Crippen molar-refractivity contribution in [2.75, 3.05) is 6.61 Å². The molecule has 0 radical (unpaired) electrons. The largest absolute Gasteiger partial charge is 0.462 e. The van der Waals surface area contributed by atoms with Crippen molar-refractivity contribution >= 4 is 18.0 Å². The maximum atomic E-state index is 10.7. The predicted molar refractivity (Wildman–Crippen MR) is 103 cm³/mol. The van der Waals surface area contributed by atoms with Gasteiger partial charge in [-0.2, -0.15) is 0 Å². The van der Waals surface area contributed by atoms with Crippen molar-refractivity contribution in [1.82, 2.24) is 0 Å². The molecule has 4 heteroatoms. The van der Waals surface area contributed by atoms with Crippen LogP contribution in [0.15, 0.2) is 79.4 Å². The van der Waals surface area contributed by atoms with Crippen LogP contribution in [0.1, 0.15) is 31.1 Å². The maximum absolute atomic E-state index is 10.7. The fraction of sp³-hybridized carbons (Fsp3) is 0.182. The minimum absolute atomic E-state index is 0.252. The number of rotatable bonds is 6. The fourth-order valence-corrected chi connectivity index (χ4v) is 1.99. The van der Waals surface area contributed by atoms with E-state index in [-0.39, 0.29) is 18.0 Å². The van der Waals surface area contributed by atoms with Gasteiger partial charge in [0.25, 0.3) is 0 Å². The Hall–Kier alpha value is -3.14. The summed E-state index contributed by atoms with van der Waals surface area (Å²) in [5.41, 5.74) is 2.04. The molecule has 136 valence electrons. The molecule has 1 unspecified atom stereocenters. The number of esters is 2. The standard InChI is InChI=1S/2C11H12O2/c1-10(12)13-9-5-8-11-6-3-2-4-7-11;1-3-11(13-9(2)12)10-7-5-4-6-8-10/h2-8H,9H2,1H3;3-8,11H,1H2,2H3/b8-5+;. The molecule has 0 saturated carbocycles. The summed E-state index contributed by atoms with van der Waals surface area (Å²) in [6.45, 7) is 6.74. The number of carbonyl (C=O) groups excluding carboxylic acids is 2. The van der Waals surface area contributed by atoms with Crippen LogP contribution in [0.5, 0.6) is 0 Å². The van der Waals surface area contributed by atoms with E-state index in [4.69, 9.17) is 9.47 Å². The summed E-state index contributed by atoms with van der Waals surface area (Å²) in [7, 11) is 0. The average Bonchev–Trinajstić information content (AvgIpc) is 2.65. The van der Waals surface area contributed by atoms with Crippen molar-refractivity contribution in [3.63, 3.8) is 0 Å². The van der Waals surface area contributed by atoms with Gasteiger partial charge in [0, 0.05) is 13.8 Å². The van der Waals surface area contributed by atoms with Crippen LogP contribution in [0.2, 0.25) is 0 Å². The van der Waals surface area contributed by atoms with Gasteiger partial charge in [-0.1, -0.05) is 73.3 Å². The second-order valence-electron chi connectivity index (χ2n) is 5.29. The van der Waals surface area contributed by atoms with Crippen LogP contribution in [0.4, 0.5) is 0 Å². The lowest BCUT2D eigenvalue weighted by atomic mass is 10.1. The number of hydrogen-bond acceptors (Lipinski definition) is 4. The summed E-state index contributed by atoms with van der Waals surface area (Å²) < 4.78 is 9.77. The summed E-state index contributed by atoms with van der Waals surface area (Å²) in [6, 6.07) is 19.4. The zero-order valence-electron chi connectivity index (χ0n) is 15.1. The van der Waals surface area contributed by atoms with E-state index in [0.717, 1.165) is 11.1 Å². The molecule has 2 aromatic rings. The normalized spacial score (nSPS) is 11.0. The molecule has 0 aliphatic rings. The van der Waals surface area contributed by atoms with Gasteiger partial charge in [0.05, 0.1) is 0 Å². The van der Waals surface area contributed by atoms with Crippen LogP contribution in [-0.4, -0.2) is 18.5 Å². The molecule has 0 saturated heterocycles. The van der Waals surface area contributed by atoms with Crippen LogP contribution >= 0.6 is 0 Å². The second-order valence-corrected chi connectivity index (χ2v) is 5.29. The monoisotopic (exact) mass is 352 g/mol. The lowest BCUT2D eigenvalue weighted by molar-refractivity contribution is -0.144. The van der Waals surface area contributed by atoms with Gasteiger partial charge < -0.3 is 9.47 Å². The molecule has 0 spiro atoms. The zero-order valence-corrected chi connectivity index (χ0v) is 15.1. The second kappa shape index (κ2) is 12.3. The summed E-state index contributed by atoms with van der Waals surface area (Å²) >= 11 is 0. The number of ether oxygens (including phenoxy) is 2. The van der Waals surface area contributed by atoms with E-state index < -0.39 is 0 Å². The lowest BCUT2D eigenvalue weighted by Gasteiger charge is -2.12. The van der Waals surface area contributed by atoms with E-state index in [2.05, 4.69) is 6.58 Å². The van der Waals surface area contributed by atoms with Crippen molar-refractivity contribution < 1.29 is 19.1 Å². The van der Waals surface area contributed by atoms with Gasteiger partial charge in [-0.25, -0.2) is 0 Å². The predicted octanol–water partition coefficient (Wildman–Crippen LogP) is 4.74. The summed E-state index contributed by atoms with van der Waals surface area (Å²) in [5, 5.41) is 0. The number of hydrogen-bond donors (Lipinski definition) is 0. The highest BCUT2D eigenvalue weighted by Gasteiger charge is 2.08. The first-order valence-corrected chi connectivity index (χ1v) is 8.22. The Morgan fingerprint density at radius 3 is 2.04 bits per heavy atom. The molecule has 0 heterocycles. The Morgan fingerprint density at radius 2 is 1.54 bits per heavy atom. The summed E-state index contributed by atoms with van der Waals surface area (Å²) in [5.74, 6) is -0.550.